The first-order valence-corrected chi connectivity index (χ1v) is 6.16. The SMILES string of the molecule is CCN(CC)C(=O)COc1c(Cl)cccc1C=O. The second-order valence-corrected chi connectivity index (χ2v) is 4.04. The van der Waals surface area contributed by atoms with Crippen molar-refractivity contribution in [1.29, 1.82) is 0 Å². The molecule has 0 aliphatic heterocycles. The summed E-state index contributed by atoms with van der Waals surface area (Å²) in [6.45, 7) is 4.93. The van der Waals surface area contributed by atoms with Gasteiger partial charge in [-0.1, -0.05) is 17.7 Å². The summed E-state index contributed by atoms with van der Waals surface area (Å²) in [5, 5.41) is 0.326. The fourth-order valence-corrected chi connectivity index (χ4v) is 1.81. The minimum Gasteiger partial charge on any atom is -0.481 e. The summed E-state index contributed by atoms with van der Waals surface area (Å²) >= 11 is 5.93. The van der Waals surface area contributed by atoms with Gasteiger partial charge in [0.25, 0.3) is 5.91 Å². The van der Waals surface area contributed by atoms with Crippen molar-refractivity contribution in [3.63, 3.8) is 0 Å². The van der Waals surface area contributed by atoms with E-state index in [4.69, 9.17) is 16.3 Å². The normalized spacial score (nSPS) is 9.94. The predicted molar refractivity (Wildman–Crippen MR) is 70.3 cm³/mol. The van der Waals surface area contributed by atoms with Crippen LogP contribution in [0.5, 0.6) is 5.75 Å². The highest BCUT2D eigenvalue weighted by Gasteiger charge is 2.13. The molecule has 0 fully saturated rings. The van der Waals surface area contributed by atoms with E-state index in [1.165, 1.54) is 0 Å². The zero-order valence-corrected chi connectivity index (χ0v) is 11.2. The van der Waals surface area contributed by atoms with Crippen LogP contribution >= 0.6 is 11.6 Å². The van der Waals surface area contributed by atoms with Crippen molar-refractivity contribution in [1.82, 2.24) is 4.90 Å². The molecule has 4 nitrogen and oxygen atoms in total. The van der Waals surface area contributed by atoms with Gasteiger partial charge in [0.15, 0.2) is 12.9 Å². The molecule has 1 rings (SSSR count). The van der Waals surface area contributed by atoms with E-state index in [-0.39, 0.29) is 18.3 Å². The minimum absolute atomic E-state index is 0.119. The van der Waals surface area contributed by atoms with E-state index >= 15 is 0 Å². The number of benzene rings is 1. The van der Waals surface area contributed by atoms with E-state index in [2.05, 4.69) is 0 Å². The van der Waals surface area contributed by atoms with Crippen molar-refractivity contribution in [2.24, 2.45) is 0 Å². The molecule has 0 N–H and O–H groups in total. The molecule has 0 heterocycles. The summed E-state index contributed by atoms with van der Waals surface area (Å²) in [6.07, 6.45) is 0.656. The van der Waals surface area contributed by atoms with Gasteiger partial charge in [0.05, 0.1) is 10.6 Å². The molecule has 1 aromatic rings. The number of hydrogen-bond acceptors (Lipinski definition) is 3. The van der Waals surface area contributed by atoms with Gasteiger partial charge < -0.3 is 9.64 Å². The third-order valence-electron chi connectivity index (χ3n) is 2.58. The van der Waals surface area contributed by atoms with E-state index in [0.29, 0.717) is 30.0 Å². The number of carbonyl (C=O) groups excluding carboxylic acids is 2. The van der Waals surface area contributed by atoms with Crippen LogP contribution in [0.15, 0.2) is 18.2 Å². The first-order chi connectivity index (χ1) is 8.63. The van der Waals surface area contributed by atoms with Gasteiger partial charge in [-0.25, -0.2) is 0 Å². The molecule has 0 aliphatic carbocycles. The fraction of sp³-hybridized carbons (Fsp3) is 0.385. The lowest BCUT2D eigenvalue weighted by Gasteiger charge is -2.19. The lowest BCUT2D eigenvalue weighted by atomic mass is 10.2. The van der Waals surface area contributed by atoms with Crippen LogP contribution in [0.4, 0.5) is 0 Å². The van der Waals surface area contributed by atoms with E-state index in [9.17, 15) is 9.59 Å². The van der Waals surface area contributed by atoms with Crippen molar-refractivity contribution in [3.8, 4) is 5.75 Å². The maximum Gasteiger partial charge on any atom is 0.260 e. The average molecular weight is 270 g/mol. The maximum atomic E-state index is 11.8. The van der Waals surface area contributed by atoms with Gasteiger partial charge in [0.2, 0.25) is 0 Å². The summed E-state index contributed by atoms with van der Waals surface area (Å²) in [6, 6.07) is 4.87. The monoisotopic (exact) mass is 269 g/mol. The highest BCUT2D eigenvalue weighted by molar-refractivity contribution is 6.32. The number of amides is 1. The van der Waals surface area contributed by atoms with Crippen LogP contribution in [0.1, 0.15) is 24.2 Å². The predicted octanol–water partition coefficient (Wildman–Crippen LogP) is 2.40. The molecule has 0 spiro atoms. The molecule has 0 aliphatic rings. The fourth-order valence-electron chi connectivity index (χ4n) is 1.57. The van der Waals surface area contributed by atoms with Gasteiger partial charge in [-0.2, -0.15) is 0 Å². The molecule has 1 aromatic carbocycles. The van der Waals surface area contributed by atoms with Crippen LogP contribution in [0, 0.1) is 0 Å². The Bertz CT molecular complexity index is 430. The molecule has 0 atom stereocenters. The molecular formula is C13H16ClNO3. The van der Waals surface area contributed by atoms with E-state index in [1.54, 1.807) is 23.1 Å². The van der Waals surface area contributed by atoms with Crippen LogP contribution in [-0.4, -0.2) is 36.8 Å². The summed E-state index contributed by atoms with van der Waals surface area (Å²) in [7, 11) is 0. The zero-order chi connectivity index (χ0) is 13.5. The Balaban J connectivity index is 2.74. The third kappa shape index (κ3) is 3.47. The van der Waals surface area contributed by atoms with Crippen molar-refractivity contribution < 1.29 is 14.3 Å². The van der Waals surface area contributed by atoms with Crippen LogP contribution < -0.4 is 4.74 Å². The maximum absolute atomic E-state index is 11.8. The van der Waals surface area contributed by atoms with Gasteiger partial charge in [0, 0.05) is 13.1 Å². The van der Waals surface area contributed by atoms with Gasteiger partial charge in [-0.3, -0.25) is 9.59 Å². The van der Waals surface area contributed by atoms with Crippen molar-refractivity contribution >= 4 is 23.8 Å². The molecule has 0 aromatic heterocycles. The van der Waals surface area contributed by atoms with Gasteiger partial charge >= 0.3 is 0 Å². The van der Waals surface area contributed by atoms with E-state index in [1.807, 2.05) is 13.8 Å². The second kappa shape index (κ2) is 7.01. The smallest absolute Gasteiger partial charge is 0.260 e. The summed E-state index contributed by atoms with van der Waals surface area (Å²) in [5.74, 6) is 0.131. The van der Waals surface area contributed by atoms with E-state index < -0.39 is 0 Å². The summed E-state index contributed by atoms with van der Waals surface area (Å²) in [5.41, 5.74) is 0.342. The number of hydrogen-bond donors (Lipinski definition) is 0. The summed E-state index contributed by atoms with van der Waals surface area (Å²) < 4.78 is 5.35. The number of carbonyl (C=O) groups is 2. The number of nitrogens with zero attached hydrogens (tertiary/aromatic N) is 1. The molecule has 0 radical (unpaired) electrons. The molecule has 5 heteroatoms. The van der Waals surface area contributed by atoms with Crippen molar-refractivity contribution in [3.05, 3.63) is 28.8 Å². The Kier molecular flexibility index (Phi) is 5.65. The first kappa shape index (κ1) is 14.5. The molecule has 0 saturated heterocycles. The molecule has 98 valence electrons. The van der Waals surface area contributed by atoms with Crippen LogP contribution in [0.3, 0.4) is 0 Å². The number of para-hydroxylation sites is 1. The van der Waals surface area contributed by atoms with Crippen molar-refractivity contribution in [2.75, 3.05) is 19.7 Å². The Morgan fingerprint density at radius 1 is 1.39 bits per heavy atom. The number of halogens is 1. The van der Waals surface area contributed by atoms with Crippen LogP contribution in [0.25, 0.3) is 0 Å². The standard InChI is InChI=1S/C13H16ClNO3/c1-3-15(4-2)12(17)9-18-13-10(8-16)6-5-7-11(13)14/h5-8H,3-4,9H2,1-2H3. The topological polar surface area (TPSA) is 46.6 Å². The van der Waals surface area contributed by atoms with Gasteiger partial charge in [-0.15, -0.1) is 0 Å². The first-order valence-electron chi connectivity index (χ1n) is 5.78. The molecule has 1 amide bonds. The van der Waals surface area contributed by atoms with Crippen LogP contribution in [0.2, 0.25) is 5.02 Å². The minimum atomic E-state index is -0.128. The molecule has 0 unspecified atom stereocenters. The number of likely N-dealkylation sites (N-methyl/N-ethyl adjacent to an activating group) is 1. The number of ether oxygens (including phenoxy) is 1. The largest absolute Gasteiger partial charge is 0.481 e. The lowest BCUT2D eigenvalue weighted by molar-refractivity contribution is -0.132. The van der Waals surface area contributed by atoms with E-state index in [0.717, 1.165) is 0 Å². The Morgan fingerprint density at radius 3 is 2.61 bits per heavy atom. The lowest BCUT2D eigenvalue weighted by Crippen LogP contribution is -2.34. The number of rotatable bonds is 6. The number of aldehydes is 1. The summed E-state index contributed by atoms with van der Waals surface area (Å²) in [4.78, 5) is 24.2. The average Bonchev–Trinajstić information content (AvgIpc) is 2.38. The highest BCUT2D eigenvalue weighted by atomic mass is 35.5. The molecule has 0 bridgehead atoms. The third-order valence-corrected chi connectivity index (χ3v) is 2.88. The second-order valence-electron chi connectivity index (χ2n) is 3.63. The van der Waals surface area contributed by atoms with Gasteiger partial charge in [-0.05, 0) is 26.0 Å². The highest BCUT2D eigenvalue weighted by Crippen LogP contribution is 2.27. The molecular weight excluding hydrogens is 254 g/mol. The van der Waals surface area contributed by atoms with Crippen molar-refractivity contribution in [2.45, 2.75) is 13.8 Å². The van der Waals surface area contributed by atoms with Crippen LogP contribution in [-0.2, 0) is 4.79 Å². The molecule has 18 heavy (non-hydrogen) atoms. The Morgan fingerprint density at radius 2 is 2.06 bits per heavy atom. The zero-order valence-electron chi connectivity index (χ0n) is 10.5. The quantitative estimate of drug-likeness (QED) is 0.745. The Hall–Kier alpha value is -1.55. The molecule has 0 saturated carbocycles. The Labute approximate surface area is 111 Å². The van der Waals surface area contributed by atoms with Gasteiger partial charge in [0.1, 0.15) is 5.75 Å².